The van der Waals surface area contributed by atoms with Crippen LogP contribution in [0, 0.1) is 17.8 Å². The number of furan rings is 1. The summed E-state index contributed by atoms with van der Waals surface area (Å²) in [7, 11) is 3.64. The molecule has 0 spiro atoms. The second-order valence-corrected chi connectivity index (χ2v) is 13.6. The lowest BCUT2D eigenvalue weighted by Gasteiger charge is -2.48. The summed E-state index contributed by atoms with van der Waals surface area (Å²) in [5.74, 6) is -2.26. The van der Waals surface area contributed by atoms with Crippen LogP contribution >= 0.6 is 0 Å². The van der Waals surface area contributed by atoms with Gasteiger partial charge in [-0.05, 0) is 109 Å². The number of aliphatic hydroxyl groups is 2. The van der Waals surface area contributed by atoms with E-state index < -0.39 is 23.7 Å². The van der Waals surface area contributed by atoms with E-state index in [9.17, 15) is 24.9 Å². The number of carbonyl (C=O) groups excluding carboxylic acids is 2. The van der Waals surface area contributed by atoms with E-state index in [-0.39, 0.29) is 45.8 Å². The first-order valence-electron chi connectivity index (χ1n) is 15.5. The van der Waals surface area contributed by atoms with E-state index in [1.165, 1.54) is 6.07 Å². The molecule has 9 heteroatoms. The van der Waals surface area contributed by atoms with Gasteiger partial charge in [-0.15, -0.1) is 0 Å². The molecule has 44 heavy (non-hydrogen) atoms. The Balaban J connectivity index is 1.48. The van der Waals surface area contributed by atoms with E-state index in [0.29, 0.717) is 41.8 Å². The Morgan fingerprint density at radius 2 is 1.75 bits per heavy atom. The van der Waals surface area contributed by atoms with Crippen LogP contribution in [0.1, 0.15) is 68.4 Å². The van der Waals surface area contributed by atoms with Crippen molar-refractivity contribution in [3.63, 3.8) is 0 Å². The largest absolute Gasteiger partial charge is 0.511 e. The van der Waals surface area contributed by atoms with Gasteiger partial charge in [0.2, 0.25) is 0 Å². The van der Waals surface area contributed by atoms with E-state index >= 15 is 0 Å². The highest BCUT2D eigenvalue weighted by Gasteiger charge is 2.53. The molecule has 234 valence electrons. The molecule has 4 aliphatic rings. The Hall–Kier alpha value is -3.82. The highest BCUT2D eigenvalue weighted by Crippen LogP contribution is 2.54. The quantitative estimate of drug-likeness (QED) is 0.357. The minimum Gasteiger partial charge on any atom is -0.511 e. The van der Waals surface area contributed by atoms with Crippen molar-refractivity contribution in [2.75, 3.05) is 14.1 Å². The third-order valence-corrected chi connectivity index (χ3v) is 10.5. The summed E-state index contributed by atoms with van der Waals surface area (Å²) in [6.45, 7) is 8.83. The predicted molar refractivity (Wildman–Crippen MR) is 167 cm³/mol. The molecule has 0 saturated carbocycles. The molecule has 1 saturated heterocycles. The van der Waals surface area contributed by atoms with Gasteiger partial charge in [0.25, 0.3) is 5.91 Å². The lowest BCUT2D eigenvalue weighted by atomic mass is 9.59. The standard InChI is InChI=1S/C35H43N3O6/c1-16(2)25-28-23(30(37(5)6)33(42)29(25)35(36)43)14-20-13-22-21(9-10-24(39)27(22)31(40)26(20)32(28)41)34-19(11-12-44-34)15-38-17(3)7-8-18(38)4/h9-12,17-18,20,23,28,30,39,41-42H,7-8,13-15H2,1-6H3,(H2,36,43)/t17-,18-,20?,23?,28?,30+/m1/s1. The van der Waals surface area contributed by atoms with Crippen molar-refractivity contribution in [1.29, 1.82) is 0 Å². The Bertz CT molecular complexity index is 1630. The summed E-state index contributed by atoms with van der Waals surface area (Å²) in [6, 6.07) is 5.66. The van der Waals surface area contributed by atoms with Gasteiger partial charge in [-0.2, -0.15) is 0 Å². The number of fused-ring (bicyclic) bond motifs is 3. The topological polar surface area (TPSA) is 140 Å². The van der Waals surface area contributed by atoms with Crippen LogP contribution in [0.25, 0.3) is 11.3 Å². The number of Topliss-reactive ketones (excluding diaryl/α,β-unsaturated/α-hetero) is 1. The highest BCUT2D eigenvalue weighted by molar-refractivity contribution is 6.14. The third-order valence-electron chi connectivity index (χ3n) is 10.5. The van der Waals surface area contributed by atoms with E-state index in [2.05, 4.69) is 18.7 Å². The van der Waals surface area contributed by atoms with Crippen LogP contribution in [0.2, 0.25) is 0 Å². The summed E-state index contributed by atoms with van der Waals surface area (Å²) >= 11 is 0. The maximum atomic E-state index is 14.3. The van der Waals surface area contributed by atoms with E-state index in [0.717, 1.165) is 36.1 Å². The third kappa shape index (κ3) is 4.51. The molecule has 3 aliphatic carbocycles. The molecule has 9 nitrogen and oxygen atoms in total. The number of phenols is 1. The number of hydrogen-bond acceptors (Lipinski definition) is 8. The van der Waals surface area contributed by atoms with Crippen LogP contribution in [0.3, 0.4) is 0 Å². The second kappa shape index (κ2) is 11.0. The van der Waals surface area contributed by atoms with Crippen molar-refractivity contribution in [2.24, 2.45) is 23.5 Å². The van der Waals surface area contributed by atoms with Crippen molar-refractivity contribution in [3.8, 4) is 17.1 Å². The number of hydrogen-bond donors (Lipinski definition) is 4. The first-order valence-corrected chi connectivity index (χ1v) is 15.5. The molecule has 0 radical (unpaired) electrons. The monoisotopic (exact) mass is 601 g/mol. The Morgan fingerprint density at radius 3 is 2.36 bits per heavy atom. The SMILES string of the molecule is CC(C)=C1C(C(N)=O)=C(O)[C@@H](N(C)C)C2CC3Cc4c(-c5occc5CN5[C@H](C)CC[C@H]5C)ccc(O)c4C(=O)C3=C(O)C12. The van der Waals surface area contributed by atoms with Crippen LogP contribution < -0.4 is 5.73 Å². The fraction of sp³-hybridized carbons (Fsp3) is 0.486. The number of allylic oxidation sites excluding steroid dienone is 3. The number of aromatic hydroxyl groups is 1. The molecule has 2 aromatic rings. The number of aliphatic hydroxyl groups excluding tert-OH is 2. The van der Waals surface area contributed by atoms with Crippen LogP contribution in [0.5, 0.6) is 5.75 Å². The van der Waals surface area contributed by atoms with Gasteiger partial charge in [0.15, 0.2) is 5.78 Å². The van der Waals surface area contributed by atoms with Gasteiger partial charge >= 0.3 is 0 Å². The molecule has 3 unspecified atom stereocenters. The molecule has 1 amide bonds. The van der Waals surface area contributed by atoms with Crippen molar-refractivity contribution in [2.45, 2.75) is 78.0 Å². The van der Waals surface area contributed by atoms with E-state index in [1.807, 2.05) is 45.0 Å². The lowest BCUT2D eigenvalue weighted by molar-refractivity contribution is -0.114. The first kappa shape index (κ1) is 30.2. The van der Waals surface area contributed by atoms with Crippen LogP contribution in [-0.4, -0.2) is 69.0 Å². The summed E-state index contributed by atoms with van der Waals surface area (Å²) in [4.78, 5) is 31.3. The minimum atomic E-state index is -0.779. The number of likely N-dealkylation sites (N-methyl/N-ethyl adjacent to an activating group) is 1. The number of ketones is 1. The van der Waals surface area contributed by atoms with E-state index in [4.69, 9.17) is 10.2 Å². The van der Waals surface area contributed by atoms with Gasteiger partial charge in [-0.25, -0.2) is 0 Å². The van der Waals surface area contributed by atoms with Crippen molar-refractivity contribution >= 4 is 11.7 Å². The highest BCUT2D eigenvalue weighted by atomic mass is 16.3. The van der Waals surface area contributed by atoms with Gasteiger partial charge in [0.1, 0.15) is 23.0 Å². The molecule has 1 aliphatic heterocycles. The van der Waals surface area contributed by atoms with E-state index in [1.54, 1.807) is 6.26 Å². The fourth-order valence-electron chi connectivity index (χ4n) is 8.55. The zero-order valence-corrected chi connectivity index (χ0v) is 26.3. The summed E-state index contributed by atoms with van der Waals surface area (Å²) in [5.41, 5.74) is 9.89. The number of phenolic OH excluding ortho intramolecular Hbond substituents is 1. The maximum Gasteiger partial charge on any atom is 0.252 e. The number of nitrogens with zero attached hydrogens (tertiary/aromatic N) is 2. The number of amides is 1. The normalized spacial score (nSPS) is 28.8. The van der Waals surface area contributed by atoms with Crippen molar-refractivity contribution in [3.05, 3.63) is 75.0 Å². The molecule has 2 heterocycles. The second-order valence-electron chi connectivity index (χ2n) is 13.6. The number of rotatable bonds is 5. The number of benzene rings is 1. The van der Waals surface area contributed by atoms with Crippen LogP contribution in [-0.2, 0) is 17.8 Å². The molecule has 5 N–H and O–H groups in total. The number of nitrogens with two attached hydrogens (primary N) is 1. The van der Waals surface area contributed by atoms with Gasteiger partial charge in [-0.1, -0.05) is 5.57 Å². The molecule has 6 atom stereocenters. The number of primary amides is 1. The van der Waals surface area contributed by atoms with Crippen LogP contribution in [0.4, 0.5) is 0 Å². The molecule has 1 aromatic carbocycles. The fourth-order valence-corrected chi connectivity index (χ4v) is 8.55. The molecule has 0 bridgehead atoms. The summed E-state index contributed by atoms with van der Waals surface area (Å²) in [5, 5.41) is 34.4. The average molecular weight is 602 g/mol. The predicted octanol–water partition coefficient (Wildman–Crippen LogP) is 5.41. The van der Waals surface area contributed by atoms with Gasteiger partial charge in [0, 0.05) is 41.2 Å². The van der Waals surface area contributed by atoms with Crippen LogP contribution in [0.15, 0.2) is 62.7 Å². The molecule has 1 fully saturated rings. The zero-order valence-electron chi connectivity index (χ0n) is 26.3. The number of likely N-dealkylation sites (tertiary alicyclic amines) is 1. The number of carbonyl (C=O) groups is 2. The lowest BCUT2D eigenvalue weighted by Crippen LogP contribution is -2.50. The molecular formula is C35H43N3O6. The Morgan fingerprint density at radius 1 is 1.07 bits per heavy atom. The van der Waals surface area contributed by atoms with Crippen molar-refractivity contribution < 1.29 is 29.3 Å². The zero-order chi connectivity index (χ0) is 31.8. The minimum absolute atomic E-state index is 0.00340. The first-order chi connectivity index (χ1) is 20.8. The molecule has 6 rings (SSSR count). The molecule has 1 aromatic heterocycles. The van der Waals surface area contributed by atoms with Gasteiger partial charge in [-0.3, -0.25) is 19.4 Å². The summed E-state index contributed by atoms with van der Waals surface area (Å²) < 4.78 is 6.08. The Kier molecular flexibility index (Phi) is 7.53. The van der Waals surface area contributed by atoms with Gasteiger partial charge < -0.3 is 25.5 Å². The Labute approximate surface area is 258 Å². The molecular weight excluding hydrogens is 558 g/mol. The average Bonchev–Trinajstić information content (AvgIpc) is 3.53. The van der Waals surface area contributed by atoms with Crippen molar-refractivity contribution in [1.82, 2.24) is 9.80 Å². The smallest absolute Gasteiger partial charge is 0.252 e. The maximum absolute atomic E-state index is 14.3. The summed E-state index contributed by atoms with van der Waals surface area (Å²) in [6.07, 6.45) is 4.86. The van der Waals surface area contributed by atoms with Gasteiger partial charge in [0.05, 0.1) is 23.4 Å².